The summed E-state index contributed by atoms with van der Waals surface area (Å²) in [6, 6.07) is 20.2. The van der Waals surface area contributed by atoms with Crippen LogP contribution in [0.25, 0.3) is 11.0 Å². The molecule has 1 aliphatic heterocycles. The van der Waals surface area contributed by atoms with E-state index in [-0.39, 0.29) is 11.6 Å². The van der Waals surface area contributed by atoms with Gasteiger partial charge in [-0.3, -0.25) is 19.5 Å². The predicted octanol–water partition coefficient (Wildman–Crippen LogP) is 5.53. The molecule has 3 aromatic carbocycles. The van der Waals surface area contributed by atoms with Crippen LogP contribution in [0.15, 0.2) is 84.1 Å². The van der Waals surface area contributed by atoms with E-state index in [2.05, 4.69) is 15.6 Å². The number of hydrogen-bond acceptors (Lipinski definition) is 5. The first-order valence-corrected chi connectivity index (χ1v) is 10.6. The van der Waals surface area contributed by atoms with Crippen LogP contribution in [0.4, 0.5) is 17.3 Å². The van der Waals surface area contributed by atoms with Crippen molar-refractivity contribution in [2.24, 2.45) is 0 Å². The number of rotatable bonds is 4. The van der Waals surface area contributed by atoms with Gasteiger partial charge in [-0.1, -0.05) is 48.0 Å². The lowest BCUT2D eigenvalue weighted by Crippen LogP contribution is -2.31. The number of para-hydroxylation sites is 3. The Balaban J connectivity index is 1.70. The smallest absolute Gasteiger partial charge is 0.269 e. The number of non-ortho nitro benzene ring substituents is 1. The molecule has 0 unspecified atom stereocenters. The summed E-state index contributed by atoms with van der Waals surface area (Å²) in [4.78, 5) is 29.2. The minimum atomic E-state index is -0.643. The van der Waals surface area contributed by atoms with Crippen molar-refractivity contribution in [1.82, 2.24) is 9.55 Å². The lowest BCUT2D eigenvalue weighted by atomic mass is 9.94. The number of nitro groups is 1. The monoisotopic (exact) mass is 459 g/mol. The highest BCUT2D eigenvalue weighted by molar-refractivity contribution is 6.33. The molecule has 0 saturated heterocycles. The number of benzene rings is 3. The van der Waals surface area contributed by atoms with Crippen LogP contribution in [0.5, 0.6) is 0 Å². The maximum absolute atomic E-state index is 13.6. The lowest BCUT2D eigenvalue weighted by molar-refractivity contribution is -0.384. The van der Waals surface area contributed by atoms with Crippen molar-refractivity contribution in [3.63, 3.8) is 0 Å². The molecule has 33 heavy (non-hydrogen) atoms. The fourth-order valence-corrected chi connectivity index (χ4v) is 4.32. The van der Waals surface area contributed by atoms with E-state index in [4.69, 9.17) is 11.6 Å². The minimum absolute atomic E-state index is 0.0551. The van der Waals surface area contributed by atoms with Crippen molar-refractivity contribution in [2.75, 3.05) is 10.6 Å². The number of nitro benzene ring substituents is 1. The topological polar surface area (TPSA) is 102 Å². The number of carbonyl (C=O) groups is 1. The van der Waals surface area contributed by atoms with Gasteiger partial charge in [-0.05, 0) is 36.8 Å². The van der Waals surface area contributed by atoms with Gasteiger partial charge in [0.25, 0.3) is 11.6 Å². The van der Waals surface area contributed by atoms with Gasteiger partial charge in [0.15, 0.2) is 0 Å². The molecule has 8 nitrogen and oxygen atoms in total. The molecule has 2 heterocycles. The Kier molecular flexibility index (Phi) is 5.07. The molecule has 164 valence electrons. The largest absolute Gasteiger partial charge is 0.329 e. The molecular weight excluding hydrogens is 442 g/mol. The average Bonchev–Trinajstić information content (AvgIpc) is 3.17. The quantitative estimate of drug-likeness (QED) is 0.309. The fraction of sp³-hybridized carbons (Fsp3) is 0.0833. The van der Waals surface area contributed by atoms with Gasteiger partial charge in [-0.25, -0.2) is 4.98 Å². The van der Waals surface area contributed by atoms with Gasteiger partial charge in [0.2, 0.25) is 5.95 Å². The van der Waals surface area contributed by atoms with Gasteiger partial charge in [-0.2, -0.15) is 0 Å². The van der Waals surface area contributed by atoms with Crippen LogP contribution in [0.1, 0.15) is 18.5 Å². The van der Waals surface area contributed by atoms with E-state index in [1.54, 1.807) is 43.3 Å². The number of hydrogen-bond donors (Lipinski definition) is 2. The Bertz CT molecular complexity index is 1460. The van der Waals surface area contributed by atoms with E-state index in [1.807, 2.05) is 28.8 Å². The maximum atomic E-state index is 13.6. The van der Waals surface area contributed by atoms with Crippen molar-refractivity contribution < 1.29 is 9.72 Å². The number of amides is 1. The first-order chi connectivity index (χ1) is 15.9. The van der Waals surface area contributed by atoms with Crippen LogP contribution in [0.3, 0.4) is 0 Å². The molecular formula is C24H18ClN5O3. The normalized spacial score (nSPS) is 15.2. The molecule has 2 N–H and O–H groups in total. The van der Waals surface area contributed by atoms with Gasteiger partial charge in [0.1, 0.15) is 0 Å². The third-order valence-corrected chi connectivity index (χ3v) is 5.92. The van der Waals surface area contributed by atoms with Crippen molar-refractivity contribution >= 4 is 45.9 Å². The number of imidazole rings is 1. The molecule has 9 heteroatoms. The number of anilines is 2. The Hall–Kier alpha value is -4.17. The first-order valence-electron chi connectivity index (χ1n) is 10.2. The summed E-state index contributed by atoms with van der Waals surface area (Å²) in [5.74, 6) is 0.188. The van der Waals surface area contributed by atoms with Crippen molar-refractivity contribution in [1.29, 1.82) is 0 Å². The molecule has 0 fully saturated rings. The molecule has 0 saturated carbocycles. The summed E-state index contributed by atoms with van der Waals surface area (Å²) >= 11 is 6.26. The first kappa shape index (κ1) is 20.7. The number of nitrogens with one attached hydrogen (secondary N) is 2. The van der Waals surface area contributed by atoms with E-state index in [0.29, 0.717) is 33.5 Å². The van der Waals surface area contributed by atoms with Crippen LogP contribution in [-0.4, -0.2) is 20.4 Å². The second kappa shape index (κ2) is 8.07. The Morgan fingerprint density at radius 3 is 2.67 bits per heavy atom. The number of allylic oxidation sites excluding steroid dienone is 1. The van der Waals surface area contributed by atoms with E-state index in [0.717, 1.165) is 11.0 Å². The van der Waals surface area contributed by atoms with Gasteiger partial charge in [-0.15, -0.1) is 0 Å². The molecule has 1 atom stereocenters. The number of carbonyl (C=O) groups excluding carboxylic acids is 1. The van der Waals surface area contributed by atoms with E-state index < -0.39 is 11.0 Å². The highest BCUT2D eigenvalue weighted by Crippen LogP contribution is 2.40. The van der Waals surface area contributed by atoms with Crippen LogP contribution >= 0.6 is 11.6 Å². The summed E-state index contributed by atoms with van der Waals surface area (Å²) < 4.78 is 1.89. The second-order valence-electron chi connectivity index (χ2n) is 7.65. The third kappa shape index (κ3) is 3.60. The van der Waals surface area contributed by atoms with Crippen LogP contribution < -0.4 is 10.6 Å². The van der Waals surface area contributed by atoms with Crippen molar-refractivity contribution in [3.05, 3.63) is 105 Å². The van der Waals surface area contributed by atoms with Crippen LogP contribution in [0, 0.1) is 10.1 Å². The van der Waals surface area contributed by atoms with Gasteiger partial charge < -0.3 is 10.6 Å². The van der Waals surface area contributed by atoms with Gasteiger partial charge >= 0.3 is 0 Å². The third-order valence-electron chi connectivity index (χ3n) is 5.59. The molecule has 0 bridgehead atoms. The Labute approximate surface area is 193 Å². The van der Waals surface area contributed by atoms with Gasteiger partial charge in [0.05, 0.1) is 38.3 Å². The van der Waals surface area contributed by atoms with E-state index >= 15 is 0 Å². The number of fused-ring (bicyclic) bond motifs is 3. The zero-order valence-corrected chi connectivity index (χ0v) is 18.2. The summed E-state index contributed by atoms with van der Waals surface area (Å²) in [5, 5.41) is 18.0. The molecule has 5 rings (SSSR count). The number of nitrogens with zero attached hydrogens (tertiary/aromatic N) is 3. The SMILES string of the molecule is CC1=C(C(=O)Nc2ccccc2Cl)[C@@H](c2cccc([N+](=O)[O-])c2)n2c(nc3ccccc32)N1. The summed E-state index contributed by atoms with van der Waals surface area (Å²) in [7, 11) is 0. The van der Waals surface area contributed by atoms with E-state index in [9.17, 15) is 14.9 Å². The lowest BCUT2D eigenvalue weighted by Gasteiger charge is -2.30. The zero-order valence-electron chi connectivity index (χ0n) is 17.4. The highest BCUT2D eigenvalue weighted by atomic mass is 35.5. The number of aromatic nitrogens is 2. The Morgan fingerprint density at radius 1 is 1.12 bits per heavy atom. The summed E-state index contributed by atoms with van der Waals surface area (Å²) in [5.41, 5.74) is 3.57. The average molecular weight is 460 g/mol. The zero-order chi connectivity index (χ0) is 23.1. The number of halogens is 1. The summed E-state index contributed by atoms with van der Waals surface area (Å²) in [6.07, 6.45) is 0. The Morgan fingerprint density at radius 2 is 1.88 bits per heavy atom. The molecule has 1 aromatic heterocycles. The molecule has 1 amide bonds. The maximum Gasteiger partial charge on any atom is 0.269 e. The van der Waals surface area contributed by atoms with Gasteiger partial charge in [0, 0.05) is 17.8 Å². The standard InChI is InChI=1S/C24H18ClN5O3/c1-14-21(23(31)27-18-10-3-2-9-17(18)25)22(15-7-6-8-16(13-15)30(32)33)29-20-12-5-4-11-19(20)28-24(29)26-14/h2-13,22H,1H3,(H,26,28)(H,27,31)/t22-/m1/s1. The fourth-order valence-electron chi connectivity index (χ4n) is 4.13. The highest BCUT2D eigenvalue weighted by Gasteiger charge is 2.34. The molecule has 4 aromatic rings. The van der Waals surface area contributed by atoms with Crippen LogP contribution in [-0.2, 0) is 4.79 Å². The van der Waals surface area contributed by atoms with Crippen molar-refractivity contribution in [3.8, 4) is 0 Å². The molecule has 0 spiro atoms. The predicted molar refractivity (Wildman–Crippen MR) is 127 cm³/mol. The molecule has 1 aliphatic rings. The second-order valence-corrected chi connectivity index (χ2v) is 8.05. The van der Waals surface area contributed by atoms with Crippen molar-refractivity contribution in [2.45, 2.75) is 13.0 Å². The van der Waals surface area contributed by atoms with Crippen LogP contribution in [0.2, 0.25) is 5.02 Å². The summed E-state index contributed by atoms with van der Waals surface area (Å²) in [6.45, 7) is 1.79. The minimum Gasteiger partial charge on any atom is -0.329 e. The van der Waals surface area contributed by atoms with E-state index in [1.165, 1.54) is 12.1 Å². The molecule has 0 radical (unpaired) electrons. The molecule has 0 aliphatic carbocycles.